The molecule has 1 atom stereocenters. The lowest BCUT2D eigenvalue weighted by Crippen LogP contribution is -1.97. The highest BCUT2D eigenvalue weighted by Crippen LogP contribution is 2.32. The van der Waals surface area contributed by atoms with Gasteiger partial charge in [-0.25, -0.2) is 0 Å². The van der Waals surface area contributed by atoms with Crippen molar-refractivity contribution in [3.8, 4) is 0 Å². The summed E-state index contributed by atoms with van der Waals surface area (Å²) in [6.07, 6.45) is 8.31. The number of hydrogen-bond acceptors (Lipinski definition) is 2. The van der Waals surface area contributed by atoms with E-state index in [1.165, 1.54) is 37.0 Å². The second kappa shape index (κ2) is 8.28. The molecule has 1 heterocycles. The Bertz CT molecular complexity index is 322. The Morgan fingerprint density at radius 1 is 1.24 bits per heavy atom. The fraction of sp³-hybridized carbons (Fsp3) is 0.714. The largest absolute Gasteiger partial charge is 0.388 e. The molecule has 0 bridgehead atoms. The molecule has 3 heteroatoms. The van der Waals surface area contributed by atoms with Gasteiger partial charge >= 0.3 is 0 Å². The molecular weight excluding hydrogens is 296 g/mol. The van der Waals surface area contributed by atoms with Gasteiger partial charge in [0, 0.05) is 4.88 Å². The first kappa shape index (κ1) is 15.2. The fourth-order valence-electron chi connectivity index (χ4n) is 2.06. The van der Waals surface area contributed by atoms with Crippen molar-refractivity contribution in [3.63, 3.8) is 0 Å². The highest BCUT2D eigenvalue weighted by atomic mass is 79.9. The van der Waals surface area contributed by atoms with Crippen LogP contribution in [0.25, 0.3) is 0 Å². The number of unbranched alkanes of at least 4 members (excludes halogenated alkanes) is 5. The van der Waals surface area contributed by atoms with Gasteiger partial charge in [-0.05, 0) is 40.9 Å². The van der Waals surface area contributed by atoms with E-state index in [9.17, 15) is 5.11 Å². The minimum Gasteiger partial charge on any atom is -0.388 e. The van der Waals surface area contributed by atoms with Gasteiger partial charge in [-0.3, -0.25) is 0 Å². The summed E-state index contributed by atoms with van der Waals surface area (Å²) < 4.78 is 1.12. The van der Waals surface area contributed by atoms with Crippen molar-refractivity contribution in [1.82, 2.24) is 0 Å². The van der Waals surface area contributed by atoms with E-state index in [4.69, 9.17) is 0 Å². The smallest absolute Gasteiger partial charge is 0.0801 e. The Morgan fingerprint density at radius 3 is 2.47 bits per heavy atom. The molecule has 0 aromatic carbocycles. The number of aliphatic hydroxyl groups excluding tert-OH is 1. The van der Waals surface area contributed by atoms with Gasteiger partial charge < -0.3 is 5.11 Å². The number of hydrogen-bond donors (Lipinski definition) is 1. The molecule has 0 fully saturated rings. The molecule has 17 heavy (non-hydrogen) atoms. The van der Waals surface area contributed by atoms with Gasteiger partial charge in [0.15, 0.2) is 0 Å². The van der Waals surface area contributed by atoms with Gasteiger partial charge in [-0.15, -0.1) is 11.3 Å². The maximum atomic E-state index is 10.1. The van der Waals surface area contributed by atoms with Crippen molar-refractivity contribution in [3.05, 3.63) is 20.3 Å². The van der Waals surface area contributed by atoms with Crippen molar-refractivity contribution in [2.45, 2.75) is 64.9 Å². The number of rotatable bonds is 8. The molecule has 0 radical (unpaired) electrons. The monoisotopic (exact) mass is 318 g/mol. The average Bonchev–Trinajstić information content (AvgIpc) is 2.62. The third-order valence-electron chi connectivity index (χ3n) is 3.12. The molecule has 0 spiro atoms. The quantitative estimate of drug-likeness (QED) is 0.618. The fourth-order valence-corrected chi connectivity index (χ4v) is 3.83. The SMILES string of the molecule is CCCCCCCCC(O)c1cc(Br)sc1C. The van der Waals surface area contributed by atoms with E-state index in [2.05, 4.69) is 35.8 Å². The van der Waals surface area contributed by atoms with Gasteiger partial charge in [0.1, 0.15) is 0 Å². The summed E-state index contributed by atoms with van der Waals surface area (Å²) in [6, 6.07) is 2.06. The van der Waals surface area contributed by atoms with Crippen molar-refractivity contribution in [2.24, 2.45) is 0 Å². The minimum absolute atomic E-state index is 0.274. The second-order valence-corrected chi connectivity index (χ2v) is 7.27. The summed E-state index contributed by atoms with van der Waals surface area (Å²) >= 11 is 5.17. The Morgan fingerprint density at radius 2 is 1.88 bits per heavy atom. The highest BCUT2D eigenvalue weighted by Gasteiger charge is 2.12. The van der Waals surface area contributed by atoms with Crippen molar-refractivity contribution < 1.29 is 5.11 Å². The van der Waals surface area contributed by atoms with Crippen molar-refractivity contribution in [2.75, 3.05) is 0 Å². The van der Waals surface area contributed by atoms with Crippen molar-refractivity contribution >= 4 is 27.3 Å². The summed E-state index contributed by atoms with van der Waals surface area (Å²) in [6.45, 7) is 4.32. The lowest BCUT2D eigenvalue weighted by atomic mass is 10.0. The van der Waals surface area contributed by atoms with Crippen LogP contribution in [-0.2, 0) is 0 Å². The summed E-state index contributed by atoms with van der Waals surface area (Å²) in [7, 11) is 0. The molecule has 1 aromatic heterocycles. The van der Waals surface area contributed by atoms with Crippen LogP contribution in [0.3, 0.4) is 0 Å². The maximum absolute atomic E-state index is 10.1. The van der Waals surface area contributed by atoms with Crippen LogP contribution < -0.4 is 0 Å². The molecule has 0 saturated heterocycles. The molecule has 0 aliphatic heterocycles. The Labute approximate surface area is 117 Å². The van der Waals surface area contributed by atoms with E-state index in [1.54, 1.807) is 11.3 Å². The lowest BCUT2D eigenvalue weighted by Gasteiger charge is -2.10. The molecule has 0 aliphatic rings. The number of halogens is 1. The van der Waals surface area contributed by atoms with E-state index in [0.717, 1.165) is 22.2 Å². The summed E-state index contributed by atoms with van der Waals surface area (Å²) in [4.78, 5) is 1.23. The predicted octanol–water partition coefficient (Wildman–Crippen LogP) is 5.60. The van der Waals surface area contributed by atoms with Crippen LogP contribution in [0.1, 0.15) is 68.4 Å². The number of aliphatic hydroxyl groups is 1. The molecule has 1 nitrogen and oxygen atoms in total. The molecule has 1 N–H and O–H groups in total. The van der Waals surface area contributed by atoms with Gasteiger partial charge in [-0.2, -0.15) is 0 Å². The second-order valence-electron chi connectivity index (χ2n) is 4.63. The van der Waals surface area contributed by atoms with Gasteiger partial charge in [0.05, 0.1) is 9.89 Å². The maximum Gasteiger partial charge on any atom is 0.0801 e. The normalized spacial score (nSPS) is 12.9. The standard InChI is InChI=1S/C14H23BrOS/c1-3-4-5-6-7-8-9-13(16)12-10-14(15)17-11(12)2/h10,13,16H,3-9H2,1-2H3. The zero-order chi connectivity index (χ0) is 12.7. The zero-order valence-corrected chi connectivity index (χ0v) is 13.2. The highest BCUT2D eigenvalue weighted by molar-refractivity contribution is 9.11. The van der Waals surface area contributed by atoms with E-state index in [1.807, 2.05) is 0 Å². The van der Waals surface area contributed by atoms with Crippen LogP contribution in [0.5, 0.6) is 0 Å². The number of thiophene rings is 1. The van der Waals surface area contributed by atoms with Crippen LogP contribution in [0.15, 0.2) is 9.85 Å². The number of aryl methyl sites for hydroxylation is 1. The van der Waals surface area contributed by atoms with Gasteiger partial charge in [0.2, 0.25) is 0 Å². The summed E-state index contributed by atoms with van der Waals surface area (Å²) in [5.74, 6) is 0. The van der Waals surface area contributed by atoms with Crippen molar-refractivity contribution in [1.29, 1.82) is 0 Å². The minimum atomic E-state index is -0.274. The van der Waals surface area contributed by atoms with Gasteiger partial charge in [0.25, 0.3) is 0 Å². The van der Waals surface area contributed by atoms with Crippen LogP contribution in [-0.4, -0.2) is 5.11 Å². The summed E-state index contributed by atoms with van der Waals surface area (Å²) in [5.41, 5.74) is 1.11. The van der Waals surface area contributed by atoms with E-state index in [0.29, 0.717) is 0 Å². The molecule has 1 unspecified atom stereocenters. The zero-order valence-electron chi connectivity index (χ0n) is 10.8. The van der Waals surface area contributed by atoms with Crippen LogP contribution in [0.2, 0.25) is 0 Å². The molecular formula is C14H23BrOS. The van der Waals surface area contributed by atoms with E-state index >= 15 is 0 Å². The van der Waals surface area contributed by atoms with Crippen LogP contribution in [0, 0.1) is 6.92 Å². The molecule has 0 saturated carbocycles. The van der Waals surface area contributed by atoms with Crippen LogP contribution in [0.4, 0.5) is 0 Å². The molecule has 1 aromatic rings. The van der Waals surface area contributed by atoms with E-state index in [-0.39, 0.29) is 6.10 Å². The predicted molar refractivity (Wildman–Crippen MR) is 79.7 cm³/mol. The Balaban J connectivity index is 2.21. The molecule has 0 amide bonds. The topological polar surface area (TPSA) is 20.2 Å². The van der Waals surface area contributed by atoms with E-state index < -0.39 is 0 Å². The Kier molecular flexibility index (Phi) is 7.40. The Hall–Kier alpha value is 0.140. The van der Waals surface area contributed by atoms with Gasteiger partial charge in [-0.1, -0.05) is 45.4 Å². The average molecular weight is 319 g/mol. The first-order valence-electron chi connectivity index (χ1n) is 6.59. The first-order valence-corrected chi connectivity index (χ1v) is 8.20. The molecule has 1 rings (SSSR count). The first-order chi connectivity index (χ1) is 8.15. The molecule has 98 valence electrons. The lowest BCUT2D eigenvalue weighted by molar-refractivity contribution is 0.163. The molecule has 0 aliphatic carbocycles. The third-order valence-corrected chi connectivity index (χ3v) is 4.69. The van der Waals surface area contributed by atoms with Crippen LogP contribution >= 0.6 is 27.3 Å². The third kappa shape index (κ3) is 5.54. The summed E-state index contributed by atoms with van der Waals surface area (Å²) in [5, 5.41) is 10.1.